The van der Waals surface area contributed by atoms with Crippen LogP contribution in [-0.4, -0.2) is 9.19 Å². The SMILES string of the molecule is [CH2][CH][CH]C[C](O)=[W]. The Balaban J connectivity index is 2.82. The van der Waals surface area contributed by atoms with Crippen molar-refractivity contribution in [2.75, 3.05) is 0 Å². The van der Waals surface area contributed by atoms with E-state index in [9.17, 15) is 0 Å². The first-order valence-corrected chi connectivity index (χ1v) is 3.40. The fourth-order valence-electron chi connectivity index (χ4n) is 0.184. The van der Waals surface area contributed by atoms with Crippen LogP contribution in [0.3, 0.4) is 0 Å². The van der Waals surface area contributed by atoms with Gasteiger partial charge in [0.2, 0.25) is 0 Å². The molecule has 1 N–H and O–H groups in total. The Morgan fingerprint density at radius 2 is 2.43 bits per heavy atom. The topological polar surface area (TPSA) is 20.2 Å². The Hall–Kier alpha value is 0.518. The molecule has 0 atom stereocenters. The molecule has 0 fully saturated rings. The number of aliphatic hydroxyl groups excluding tert-OH is 1. The second kappa shape index (κ2) is 4.67. The Morgan fingerprint density at radius 1 is 1.86 bits per heavy atom. The average Bonchev–Trinajstić information content (AvgIpc) is 1.61. The minimum absolute atomic E-state index is 0.514. The second-order valence-electron chi connectivity index (χ2n) is 1.07. The predicted molar refractivity (Wildman–Crippen MR) is 25.5 cm³/mol. The second-order valence-corrected chi connectivity index (χ2v) is 2.76. The van der Waals surface area contributed by atoms with Crippen molar-refractivity contribution in [3.63, 3.8) is 0 Å². The molecule has 0 bridgehead atoms. The van der Waals surface area contributed by atoms with Crippen LogP contribution in [0.5, 0.6) is 0 Å². The van der Waals surface area contributed by atoms with Crippen molar-refractivity contribution in [3.8, 4) is 0 Å². The van der Waals surface area contributed by atoms with Crippen molar-refractivity contribution in [1.29, 1.82) is 0 Å². The molecule has 7 heavy (non-hydrogen) atoms. The summed E-state index contributed by atoms with van der Waals surface area (Å²) in [6, 6.07) is 0. The maximum atomic E-state index is 8.56. The molecule has 0 aromatic heterocycles. The number of rotatable bonds is 3. The van der Waals surface area contributed by atoms with E-state index < -0.39 is 0 Å². The molecule has 0 aliphatic carbocycles. The Morgan fingerprint density at radius 3 is 2.57 bits per heavy atom. The van der Waals surface area contributed by atoms with Crippen molar-refractivity contribution in [2.45, 2.75) is 6.42 Å². The third kappa shape index (κ3) is 6.52. The van der Waals surface area contributed by atoms with Crippen LogP contribution in [0.15, 0.2) is 0 Å². The molecular weight excluding hydrogens is 260 g/mol. The normalized spacial score (nSPS) is 8.86. The van der Waals surface area contributed by atoms with Crippen molar-refractivity contribution in [3.05, 3.63) is 19.8 Å². The zero-order valence-corrected chi connectivity index (χ0v) is 6.86. The van der Waals surface area contributed by atoms with E-state index in [1.165, 1.54) is 0 Å². The molecular formula is C5H7OW. The molecule has 0 saturated heterocycles. The van der Waals surface area contributed by atoms with Gasteiger partial charge in [0.15, 0.2) is 0 Å². The standard InChI is InChI=1S/C5H7O.W/c1-2-3-4-5-6;/h2-3,6H,1,4H2;. The summed E-state index contributed by atoms with van der Waals surface area (Å²) in [7, 11) is 0. The summed E-state index contributed by atoms with van der Waals surface area (Å²) in [4.78, 5) is 0. The summed E-state index contributed by atoms with van der Waals surface area (Å²) >= 11 is 1.13. The van der Waals surface area contributed by atoms with Gasteiger partial charge in [0.1, 0.15) is 0 Å². The first-order valence-electron chi connectivity index (χ1n) is 1.93. The van der Waals surface area contributed by atoms with Gasteiger partial charge in [0, 0.05) is 0 Å². The minimum atomic E-state index is 0.514. The summed E-state index contributed by atoms with van der Waals surface area (Å²) < 4.78 is 0.514. The van der Waals surface area contributed by atoms with Crippen molar-refractivity contribution < 1.29 is 24.5 Å². The van der Waals surface area contributed by atoms with Crippen LogP contribution in [0.25, 0.3) is 0 Å². The van der Waals surface area contributed by atoms with Crippen LogP contribution in [-0.2, 0) is 19.4 Å². The summed E-state index contributed by atoms with van der Waals surface area (Å²) in [5.74, 6) is 0. The van der Waals surface area contributed by atoms with Gasteiger partial charge in [0.05, 0.1) is 0 Å². The quantitative estimate of drug-likeness (QED) is 0.796. The van der Waals surface area contributed by atoms with Gasteiger partial charge in [-0.25, -0.2) is 0 Å². The maximum absolute atomic E-state index is 8.56. The monoisotopic (exact) mass is 267 g/mol. The molecule has 0 aromatic carbocycles. The zero-order valence-electron chi connectivity index (χ0n) is 3.92. The van der Waals surface area contributed by atoms with Gasteiger partial charge < -0.3 is 0 Å². The number of aliphatic hydroxyl groups is 1. The molecule has 0 aliphatic rings. The van der Waals surface area contributed by atoms with Crippen LogP contribution < -0.4 is 0 Å². The van der Waals surface area contributed by atoms with Crippen molar-refractivity contribution in [2.24, 2.45) is 0 Å². The predicted octanol–water partition coefficient (Wildman–Crippen LogP) is 0.668. The van der Waals surface area contributed by atoms with E-state index in [0.29, 0.717) is 10.5 Å². The summed E-state index contributed by atoms with van der Waals surface area (Å²) in [6.07, 6.45) is 4.17. The zero-order chi connectivity index (χ0) is 5.70. The molecule has 0 heterocycles. The van der Waals surface area contributed by atoms with Crippen molar-refractivity contribution >= 4 is 4.08 Å². The van der Waals surface area contributed by atoms with E-state index in [4.69, 9.17) is 5.11 Å². The van der Waals surface area contributed by atoms with Gasteiger partial charge in [-0.2, -0.15) is 0 Å². The van der Waals surface area contributed by atoms with Crippen molar-refractivity contribution in [1.82, 2.24) is 0 Å². The molecule has 0 saturated carbocycles. The van der Waals surface area contributed by atoms with Crippen LogP contribution in [0.1, 0.15) is 6.42 Å². The van der Waals surface area contributed by atoms with Gasteiger partial charge in [-0.3, -0.25) is 0 Å². The first-order chi connectivity index (χ1) is 3.27. The van der Waals surface area contributed by atoms with Crippen LogP contribution >= 0.6 is 0 Å². The summed E-state index contributed by atoms with van der Waals surface area (Å²) in [6.45, 7) is 3.46. The molecule has 0 unspecified atom stereocenters. The van der Waals surface area contributed by atoms with Gasteiger partial charge in [-0.1, -0.05) is 0 Å². The molecule has 1 nitrogen and oxygen atoms in total. The molecule has 0 rings (SSSR count). The van der Waals surface area contributed by atoms with E-state index >= 15 is 0 Å². The molecule has 2 heteroatoms. The molecule has 0 amide bonds. The molecule has 39 valence electrons. The van der Waals surface area contributed by atoms with E-state index in [-0.39, 0.29) is 0 Å². The van der Waals surface area contributed by atoms with E-state index in [1.54, 1.807) is 6.42 Å². The Kier molecular flexibility index (Phi) is 5.02. The van der Waals surface area contributed by atoms with Gasteiger partial charge in [0.25, 0.3) is 0 Å². The Labute approximate surface area is 55.1 Å². The van der Waals surface area contributed by atoms with E-state index in [0.717, 1.165) is 19.4 Å². The first kappa shape index (κ1) is 7.52. The van der Waals surface area contributed by atoms with Gasteiger partial charge in [-0.05, 0) is 0 Å². The summed E-state index contributed by atoms with van der Waals surface area (Å²) in [5, 5.41) is 8.56. The summed E-state index contributed by atoms with van der Waals surface area (Å²) in [5.41, 5.74) is 0. The number of hydrogen-bond donors (Lipinski definition) is 1. The fraction of sp³-hybridized carbons (Fsp3) is 0.200. The molecule has 0 aliphatic heterocycles. The number of unbranched alkanes of at least 4 members (excludes halogenated alkanes) is 1. The van der Waals surface area contributed by atoms with E-state index in [1.807, 2.05) is 6.42 Å². The van der Waals surface area contributed by atoms with E-state index in [2.05, 4.69) is 6.92 Å². The average molecular weight is 267 g/mol. The number of hydrogen-bond acceptors (Lipinski definition) is 1. The van der Waals surface area contributed by atoms with Gasteiger partial charge >= 0.3 is 54.7 Å². The van der Waals surface area contributed by atoms with Gasteiger partial charge in [-0.15, -0.1) is 0 Å². The third-order valence-corrected chi connectivity index (χ3v) is 1.06. The Bertz CT molecular complexity index is 61.1. The fourth-order valence-corrected chi connectivity index (χ4v) is 0.530. The third-order valence-electron chi connectivity index (χ3n) is 0.459. The molecule has 0 aromatic rings. The van der Waals surface area contributed by atoms with Crippen LogP contribution in [0.4, 0.5) is 0 Å². The van der Waals surface area contributed by atoms with Crippen LogP contribution in [0.2, 0.25) is 0 Å². The molecule has 0 spiro atoms. The van der Waals surface area contributed by atoms with Crippen LogP contribution in [0, 0.1) is 19.8 Å². The molecule has 3 radical (unpaired) electrons.